The monoisotopic (exact) mass is 499 g/mol. The van der Waals surface area contributed by atoms with Gasteiger partial charge in [-0.3, -0.25) is 4.90 Å². The molecule has 1 amide bonds. The van der Waals surface area contributed by atoms with Crippen LogP contribution >= 0.6 is 11.6 Å². The fraction of sp³-hybridized carbons (Fsp3) is 0.696. The Hall–Kier alpha value is -1.39. The largest absolute Gasteiger partial charge is 0.448 e. The average molecular weight is 500 g/mol. The van der Waals surface area contributed by atoms with Crippen LogP contribution in [0, 0.1) is 0 Å². The van der Waals surface area contributed by atoms with Crippen molar-refractivity contribution in [3.05, 3.63) is 29.3 Å². The van der Waals surface area contributed by atoms with E-state index in [1.165, 1.54) is 16.4 Å². The van der Waals surface area contributed by atoms with Crippen molar-refractivity contribution in [2.75, 3.05) is 46.0 Å². The molecule has 0 saturated carbocycles. The molecule has 3 saturated heterocycles. The number of carbonyl (C=O) groups is 1. The number of sulfonamides is 1. The van der Waals surface area contributed by atoms with Crippen LogP contribution in [-0.2, 0) is 19.5 Å². The Morgan fingerprint density at radius 2 is 1.82 bits per heavy atom. The molecule has 1 unspecified atom stereocenters. The summed E-state index contributed by atoms with van der Waals surface area (Å²) in [6.45, 7) is 6.56. The molecule has 0 aromatic heterocycles. The van der Waals surface area contributed by atoms with E-state index in [0.29, 0.717) is 30.6 Å². The summed E-state index contributed by atoms with van der Waals surface area (Å²) in [7, 11) is -3.72. The molecule has 33 heavy (non-hydrogen) atoms. The lowest BCUT2D eigenvalue weighted by Crippen LogP contribution is -2.54. The molecule has 8 nitrogen and oxygen atoms in total. The van der Waals surface area contributed by atoms with Gasteiger partial charge >= 0.3 is 6.09 Å². The van der Waals surface area contributed by atoms with E-state index in [9.17, 15) is 13.2 Å². The van der Waals surface area contributed by atoms with E-state index in [2.05, 4.69) is 4.90 Å². The van der Waals surface area contributed by atoms with Crippen molar-refractivity contribution < 1.29 is 22.7 Å². The second kappa shape index (κ2) is 10.9. The molecule has 10 heteroatoms. The number of piperidine rings is 2. The molecule has 184 valence electrons. The maximum absolute atomic E-state index is 13.4. The third-order valence-electron chi connectivity index (χ3n) is 6.96. The maximum atomic E-state index is 13.4. The number of rotatable bonds is 5. The van der Waals surface area contributed by atoms with Crippen molar-refractivity contribution in [3.8, 4) is 0 Å². The van der Waals surface area contributed by atoms with Gasteiger partial charge in [0.1, 0.15) is 6.61 Å². The number of hydrogen-bond donors (Lipinski definition) is 0. The smallest absolute Gasteiger partial charge is 0.409 e. The summed E-state index contributed by atoms with van der Waals surface area (Å²) in [4.78, 5) is 17.3. The molecule has 1 aromatic carbocycles. The number of hydrogen-bond acceptors (Lipinski definition) is 6. The van der Waals surface area contributed by atoms with Crippen molar-refractivity contribution in [2.24, 2.45) is 0 Å². The van der Waals surface area contributed by atoms with Crippen molar-refractivity contribution in [2.45, 2.75) is 62.0 Å². The molecule has 0 bridgehead atoms. The van der Waals surface area contributed by atoms with Gasteiger partial charge in [-0.15, -0.1) is 0 Å². The van der Waals surface area contributed by atoms with Gasteiger partial charge in [-0.1, -0.05) is 18.0 Å². The topological polar surface area (TPSA) is 79.4 Å². The number of ether oxygens (including phenoxy) is 2. The lowest BCUT2D eigenvalue weighted by atomic mass is 10.0. The number of halogens is 1. The lowest BCUT2D eigenvalue weighted by molar-refractivity contribution is -0.00510. The molecule has 3 atom stereocenters. The quantitative estimate of drug-likeness (QED) is 0.619. The van der Waals surface area contributed by atoms with E-state index < -0.39 is 10.0 Å². The summed E-state index contributed by atoms with van der Waals surface area (Å²) in [5.74, 6) is 0. The lowest BCUT2D eigenvalue weighted by Gasteiger charge is -2.41. The molecule has 3 aliphatic rings. The first-order valence-electron chi connectivity index (χ1n) is 11.9. The second-order valence-corrected chi connectivity index (χ2v) is 11.5. The van der Waals surface area contributed by atoms with Gasteiger partial charge < -0.3 is 14.4 Å². The van der Waals surface area contributed by atoms with E-state index in [-0.39, 0.29) is 29.7 Å². The van der Waals surface area contributed by atoms with Crippen LogP contribution in [0.3, 0.4) is 0 Å². The molecule has 3 fully saturated rings. The molecule has 3 heterocycles. The Bertz CT molecular complexity index is 907. The van der Waals surface area contributed by atoms with Crippen LogP contribution in [0.5, 0.6) is 0 Å². The molecule has 4 rings (SSSR count). The van der Waals surface area contributed by atoms with Gasteiger partial charge in [-0.05, 0) is 56.9 Å². The van der Waals surface area contributed by atoms with Gasteiger partial charge in [0.25, 0.3) is 0 Å². The predicted molar refractivity (Wildman–Crippen MR) is 126 cm³/mol. The summed E-state index contributed by atoms with van der Waals surface area (Å²) in [5, 5.41) is 0.489. The molecule has 0 N–H and O–H groups in total. The first kappa shape index (κ1) is 24.7. The molecular formula is C23H34ClN3O5S. The normalized spacial score (nSPS) is 27.9. The third kappa shape index (κ3) is 5.82. The molecule has 1 aromatic rings. The Morgan fingerprint density at radius 1 is 1.09 bits per heavy atom. The first-order chi connectivity index (χ1) is 15.9. The Labute approximate surface area is 201 Å². The highest BCUT2D eigenvalue weighted by atomic mass is 35.5. The van der Waals surface area contributed by atoms with Crippen LogP contribution < -0.4 is 0 Å². The van der Waals surface area contributed by atoms with Gasteiger partial charge in [0, 0.05) is 43.3 Å². The Balaban J connectivity index is 1.39. The van der Waals surface area contributed by atoms with Gasteiger partial charge in [-0.2, -0.15) is 4.31 Å². The number of amides is 1. The maximum Gasteiger partial charge on any atom is 0.409 e. The highest BCUT2D eigenvalue weighted by molar-refractivity contribution is 7.89. The van der Waals surface area contributed by atoms with Crippen LogP contribution in [0.1, 0.15) is 39.0 Å². The number of nitrogens with zero attached hydrogens (tertiary/aromatic N) is 3. The van der Waals surface area contributed by atoms with E-state index >= 15 is 0 Å². The van der Waals surface area contributed by atoms with Crippen molar-refractivity contribution in [1.82, 2.24) is 14.1 Å². The van der Waals surface area contributed by atoms with Gasteiger partial charge in [0.15, 0.2) is 0 Å². The summed E-state index contributed by atoms with van der Waals surface area (Å²) in [6.07, 6.45) is 4.01. The van der Waals surface area contributed by atoms with Crippen LogP contribution in [0.25, 0.3) is 0 Å². The van der Waals surface area contributed by atoms with Crippen molar-refractivity contribution in [3.63, 3.8) is 0 Å². The Kier molecular flexibility index (Phi) is 8.17. The summed E-state index contributed by atoms with van der Waals surface area (Å²) < 4.78 is 39.5. The van der Waals surface area contributed by atoms with E-state index in [0.717, 1.165) is 52.0 Å². The van der Waals surface area contributed by atoms with Crippen molar-refractivity contribution >= 4 is 27.7 Å². The zero-order valence-corrected chi connectivity index (χ0v) is 20.8. The zero-order chi connectivity index (χ0) is 23.4. The third-order valence-corrected chi connectivity index (χ3v) is 9.29. The fourth-order valence-electron chi connectivity index (χ4n) is 5.20. The SMILES string of the molecule is C[C@@H]1CCC[C@H](COC(=O)N2CCCC(N3CCOCC3)C2)N1S(=O)(=O)c1ccc(Cl)cc1. The first-order valence-corrected chi connectivity index (χ1v) is 13.7. The van der Waals surface area contributed by atoms with Crippen LogP contribution in [0.4, 0.5) is 4.79 Å². The molecule has 0 radical (unpaired) electrons. The standard InChI is InChI=1S/C23H34ClN3O5S/c1-18-4-2-5-21(27(18)33(29,30)22-9-7-19(24)8-10-22)17-32-23(28)26-11-3-6-20(16-26)25-12-14-31-15-13-25/h7-10,18,20-21H,2-6,11-17H2,1H3/t18-,20?,21-/m1/s1. The summed E-state index contributed by atoms with van der Waals surface area (Å²) >= 11 is 5.94. The average Bonchev–Trinajstić information content (AvgIpc) is 2.83. The number of likely N-dealkylation sites (tertiary alicyclic amines) is 1. The van der Waals surface area contributed by atoms with E-state index in [1.54, 1.807) is 17.0 Å². The van der Waals surface area contributed by atoms with Gasteiger partial charge in [0.2, 0.25) is 10.0 Å². The number of benzene rings is 1. The molecule has 0 aliphatic carbocycles. The number of carbonyl (C=O) groups excluding carboxylic acids is 1. The summed E-state index contributed by atoms with van der Waals surface area (Å²) in [6, 6.07) is 6.01. The van der Waals surface area contributed by atoms with E-state index in [1.807, 2.05) is 6.92 Å². The fourth-order valence-corrected chi connectivity index (χ4v) is 7.19. The van der Waals surface area contributed by atoms with Crippen LogP contribution in [0.2, 0.25) is 5.02 Å². The van der Waals surface area contributed by atoms with Crippen LogP contribution in [0.15, 0.2) is 29.2 Å². The predicted octanol–water partition coefficient (Wildman–Crippen LogP) is 3.20. The van der Waals surface area contributed by atoms with E-state index in [4.69, 9.17) is 21.1 Å². The highest BCUT2D eigenvalue weighted by Crippen LogP contribution is 2.30. The molecule has 0 spiro atoms. The number of morpholine rings is 1. The molecular weight excluding hydrogens is 466 g/mol. The minimum Gasteiger partial charge on any atom is -0.448 e. The minimum atomic E-state index is -3.72. The zero-order valence-electron chi connectivity index (χ0n) is 19.2. The Morgan fingerprint density at radius 3 is 2.55 bits per heavy atom. The molecule has 3 aliphatic heterocycles. The van der Waals surface area contributed by atoms with Gasteiger partial charge in [0.05, 0.1) is 24.2 Å². The second-order valence-electron chi connectivity index (χ2n) is 9.19. The summed E-state index contributed by atoms with van der Waals surface area (Å²) in [5.41, 5.74) is 0. The van der Waals surface area contributed by atoms with Crippen LogP contribution in [-0.4, -0.2) is 92.7 Å². The van der Waals surface area contributed by atoms with Gasteiger partial charge in [-0.25, -0.2) is 13.2 Å². The van der Waals surface area contributed by atoms with Crippen molar-refractivity contribution in [1.29, 1.82) is 0 Å². The highest BCUT2D eigenvalue weighted by Gasteiger charge is 2.39. The minimum absolute atomic E-state index is 0.0642.